The lowest BCUT2D eigenvalue weighted by molar-refractivity contribution is -0.0124. The van der Waals surface area contributed by atoms with Crippen molar-refractivity contribution in [2.45, 2.75) is 26.1 Å². The molecule has 16 heavy (non-hydrogen) atoms. The van der Waals surface area contributed by atoms with Crippen LogP contribution in [0.5, 0.6) is 5.75 Å². The van der Waals surface area contributed by atoms with Crippen LogP contribution in [-0.2, 0) is 4.74 Å². The molecule has 3 nitrogen and oxygen atoms in total. The van der Waals surface area contributed by atoms with E-state index in [9.17, 15) is 5.11 Å². The summed E-state index contributed by atoms with van der Waals surface area (Å²) in [5, 5.41) is 9.60. The molecule has 0 aliphatic rings. The van der Waals surface area contributed by atoms with Gasteiger partial charge in [0, 0.05) is 0 Å². The molecule has 0 fully saturated rings. The fourth-order valence-corrected chi connectivity index (χ4v) is 1.64. The molecule has 1 unspecified atom stereocenters. The summed E-state index contributed by atoms with van der Waals surface area (Å²) in [5.41, 5.74) is 0. The maximum Gasteiger partial charge on any atom is 0.132 e. The Balaban J connectivity index is 2.31. The van der Waals surface area contributed by atoms with E-state index >= 15 is 0 Å². The van der Waals surface area contributed by atoms with Gasteiger partial charge in [-0.2, -0.15) is 0 Å². The molecule has 90 valence electrons. The normalized spacial score (nSPS) is 12.8. The quantitative estimate of drug-likeness (QED) is 0.811. The minimum atomic E-state index is -0.585. The van der Waals surface area contributed by atoms with E-state index < -0.39 is 6.10 Å². The van der Waals surface area contributed by atoms with Crippen LogP contribution in [0.4, 0.5) is 0 Å². The first kappa shape index (κ1) is 13.7. The van der Waals surface area contributed by atoms with Crippen molar-refractivity contribution >= 4 is 22.6 Å². The van der Waals surface area contributed by atoms with Gasteiger partial charge in [0.15, 0.2) is 0 Å². The molecule has 1 aromatic rings. The van der Waals surface area contributed by atoms with E-state index in [4.69, 9.17) is 9.47 Å². The molecule has 0 radical (unpaired) electrons. The van der Waals surface area contributed by atoms with Crippen LogP contribution < -0.4 is 4.74 Å². The van der Waals surface area contributed by atoms with E-state index in [1.165, 1.54) is 0 Å². The summed E-state index contributed by atoms with van der Waals surface area (Å²) in [6.07, 6.45) is -0.454. The summed E-state index contributed by atoms with van der Waals surface area (Å²) in [6, 6.07) is 7.71. The van der Waals surface area contributed by atoms with Crippen LogP contribution >= 0.6 is 22.6 Å². The second-order valence-corrected chi connectivity index (χ2v) is 4.94. The summed E-state index contributed by atoms with van der Waals surface area (Å²) < 4.78 is 11.8. The summed E-state index contributed by atoms with van der Waals surface area (Å²) in [6.45, 7) is 4.44. The SMILES string of the molecule is CC(C)OCC(O)COc1ccccc1I. The molecule has 0 saturated heterocycles. The second-order valence-electron chi connectivity index (χ2n) is 3.78. The number of ether oxygens (including phenoxy) is 2. The highest BCUT2D eigenvalue weighted by atomic mass is 127. The Morgan fingerprint density at radius 1 is 1.25 bits per heavy atom. The summed E-state index contributed by atoms with van der Waals surface area (Å²) >= 11 is 2.20. The Hall–Kier alpha value is -0.330. The Labute approximate surface area is 110 Å². The van der Waals surface area contributed by atoms with Crippen molar-refractivity contribution in [3.63, 3.8) is 0 Å². The summed E-state index contributed by atoms with van der Waals surface area (Å²) in [7, 11) is 0. The molecule has 0 aromatic heterocycles. The number of hydrogen-bond acceptors (Lipinski definition) is 3. The summed E-state index contributed by atoms with van der Waals surface area (Å²) in [5.74, 6) is 0.798. The molecule has 0 heterocycles. The molecule has 0 aliphatic carbocycles. The lowest BCUT2D eigenvalue weighted by atomic mass is 10.3. The van der Waals surface area contributed by atoms with Gasteiger partial charge in [-0.25, -0.2) is 0 Å². The minimum absolute atomic E-state index is 0.131. The molecule has 0 amide bonds. The maximum atomic E-state index is 9.60. The van der Waals surface area contributed by atoms with E-state index in [1.54, 1.807) is 0 Å². The van der Waals surface area contributed by atoms with Crippen LogP contribution in [0, 0.1) is 3.57 Å². The molecule has 0 bridgehead atoms. The third kappa shape index (κ3) is 5.14. The van der Waals surface area contributed by atoms with E-state index in [0.717, 1.165) is 9.32 Å². The fraction of sp³-hybridized carbons (Fsp3) is 0.500. The van der Waals surface area contributed by atoms with Crippen LogP contribution in [0.2, 0.25) is 0 Å². The Bertz CT molecular complexity index is 315. The second kappa shape index (κ2) is 7.09. The molecule has 1 rings (SSSR count). The predicted molar refractivity (Wildman–Crippen MR) is 71.7 cm³/mol. The molecule has 0 aliphatic heterocycles. The van der Waals surface area contributed by atoms with Crippen LogP contribution in [0.15, 0.2) is 24.3 Å². The smallest absolute Gasteiger partial charge is 0.132 e. The van der Waals surface area contributed by atoms with Gasteiger partial charge in [-0.15, -0.1) is 0 Å². The molecule has 0 saturated carbocycles. The highest BCUT2D eigenvalue weighted by molar-refractivity contribution is 14.1. The third-order valence-corrected chi connectivity index (χ3v) is 2.78. The molecule has 1 N–H and O–H groups in total. The average molecular weight is 336 g/mol. The van der Waals surface area contributed by atoms with Crippen LogP contribution in [0.1, 0.15) is 13.8 Å². The predicted octanol–water partition coefficient (Wildman–Crippen LogP) is 2.46. The highest BCUT2D eigenvalue weighted by Gasteiger charge is 2.07. The van der Waals surface area contributed by atoms with E-state index in [2.05, 4.69) is 22.6 Å². The van der Waals surface area contributed by atoms with Crippen molar-refractivity contribution in [2.75, 3.05) is 13.2 Å². The van der Waals surface area contributed by atoms with Gasteiger partial charge in [-0.3, -0.25) is 0 Å². The maximum absolute atomic E-state index is 9.60. The first-order valence-corrected chi connectivity index (χ1v) is 6.34. The van der Waals surface area contributed by atoms with Crippen molar-refractivity contribution in [1.82, 2.24) is 0 Å². The molecule has 1 atom stereocenters. The van der Waals surface area contributed by atoms with Gasteiger partial charge in [0.1, 0.15) is 18.5 Å². The topological polar surface area (TPSA) is 38.7 Å². The van der Waals surface area contributed by atoms with Gasteiger partial charge in [0.05, 0.1) is 16.3 Å². The Morgan fingerprint density at radius 3 is 2.56 bits per heavy atom. The number of rotatable bonds is 6. The van der Waals surface area contributed by atoms with Crippen LogP contribution in [0.3, 0.4) is 0 Å². The van der Waals surface area contributed by atoms with Crippen LogP contribution in [0.25, 0.3) is 0 Å². The highest BCUT2D eigenvalue weighted by Crippen LogP contribution is 2.19. The largest absolute Gasteiger partial charge is 0.490 e. The van der Waals surface area contributed by atoms with E-state index in [-0.39, 0.29) is 12.7 Å². The number of para-hydroxylation sites is 1. The number of aliphatic hydroxyl groups excluding tert-OH is 1. The third-order valence-electron chi connectivity index (χ3n) is 1.89. The lowest BCUT2D eigenvalue weighted by Crippen LogP contribution is -2.25. The number of hydrogen-bond donors (Lipinski definition) is 1. The Kier molecular flexibility index (Phi) is 6.08. The zero-order chi connectivity index (χ0) is 12.0. The number of aliphatic hydroxyl groups is 1. The molecular formula is C12H17IO3. The molecule has 0 spiro atoms. The van der Waals surface area contributed by atoms with Crippen LogP contribution in [-0.4, -0.2) is 30.5 Å². The standard InChI is InChI=1S/C12H17IO3/c1-9(2)15-7-10(14)8-16-12-6-4-3-5-11(12)13/h3-6,9-10,14H,7-8H2,1-2H3. The first-order chi connectivity index (χ1) is 7.59. The first-order valence-electron chi connectivity index (χ1n) is 5.26. The minimum Gasteiger partial charge on any atom is -0.490 e. The monoisotopic (exact) mass is 336 g/mol. The van der Waals surface area contributed by atoms with Gasteiger partial charge in [0.25, 0.3) is 0 Å². The van der Waals surface area contributed by atoms with Crippen molar-refractivity contribution in [3.8, 4) is 5.75 Å². The van der Waals surface area contributed by atoms with Gasteiger partial charge >= 0.3 is 0 Å². The van der Waals surface area contributed by atoms with Gasteiger partial charge < -0.3 is 14.6 Å². The van der Waals surface area contributed by atoms with E-state index in [0.29, 0.717) is 6.61 Å². The fourth-order valence-electron chi connectivity index (χ4n) is 1.10. The van der Waals surface area contributed by atoms with Crippen molar-refractivity contribution in [2.24, 2.45) is 0 Å². The molecular weight excluding hydrogens is 319 g/mol. The molecule has 4 heteroatoms. The summed E-state index contributed by atoms with van der Waals surface area (Å²) in [4.78, 5) is 0. The van der Waals surface area contributed by atoms with Crippen molar-refractivity contribution in [3.05, 3.63) is 27.8 Å². The number of halogens is 1. The Morgan fingerprint density at radius 2 is 1.94 bits per heavy atom. The van der Waals surface area contributed by atoms with Gasteiger partial charge in [-0.05, 0) is 48.6 Å². The van der Waals surface area contributed by atoms with Crippen molar-refractivity contribution in [1.29, 1.82) is 0 Å². The molecule has 1 aromatic carbocycles. The van der Waals surface area contributed by atoms with Crippen molar-refractivity contribution < 1.29 is 14.6 Å². The van der Waals surface area contributed by atoms with Gasteiger partial charge in [-0.1, -0.05) is 12.1 Å². The zero-order valence-corrected chi connectivity index (χ0v) is 11.7. The van der Waals surface area contributed by atoms with E-state index in [1.807, 2.05) is 38.1 Å². The average Bonchev–Trinajstić information content (AvgIpc) is 2.25. The van der Waals surface area contributed by atoms with Gasteiger partial charge in [0.2, 0.25) is 0 Å². The lowest BCUT2D eigenvalue weighted by Gasteiger charge is -2.15. The zero-order valence-electron chi connectivity index (χ0n) is 9.52. The number of benzene rings is 1.